The van der Waals surface area contributed by atoms with E-state index in [1.807, 2.05) is 0 Å². The van der Waals surface area contributed by atoms with E-state index in [2.05, 4.69) is 0 Å². The van der Waals surface area contributed by atoms with E-state index >= 15 is 0 Å². The maximum absolute atomic E-state index is 12.8. The van der Waals surface area contributed by atoms with Gasteiger partial charge in [-0.2, -0.15) is 0 Å². The molecule has 0 unspecified atom stereocenters. The predicted octanol–water partition coefficient (Wildman–Crippen LogP) is 0.287. The summed E-state index contributed by atoms with van der Waals surface area (Å²) < 4.78 is 12.8. The second kappa shape index (κ2) is 2.87. The fraction of sp³-hybridized carbons (Fsp3) is 0.125. The maximum atomic E-state index is 12.8. The Hall–Kier alpha value is -1.12. The fourth-order valence-electron chi connectivity index (χ4n) is 0.812. The third-order valence-electron chi connectivity index (χ3n) is 1.58. The monoisotopic (exact) mass is 150 g/mol. The summed E-state index contributed by atoms with van der Waals surface area (Å²) in [6.07, 6.45) is 0. The molecule has 0 fully saturated rings. The van der Waals surface area contributed by atoms with Gasteiger partial charge in [-0.1, -0.05) is 17.6 Å². The van der Waals surface area contributed by atoms with E-state index in [-0.39, 0.29) is 11.6 Å². The molecule has 1 aromatic rings. The van der Waals surface area contributed by atoms with Crippen LogP contribution in [0.15, 0.2) is 18.2 Å². The highest BCUT2D eigenvalue weighted by Crippen LogP contribution is 2.01. The van der Waals surface area contributed by atoms with Crippen LogP contribution in [-0.2, 0) is 0 Å². The van der Waals surface area contributed by atoms with Gasteiger partial charge in [0, 0.05) is 5.56 Å². The van der Waals surface area contributed by atoms with Gasteiger partial charge in [-0.3, -0.25) is 4.79 Å². The van der Waals surface area contributed by atoms with Crippen LogP contribution in [-0.4, -0.2) is 13.6 Å². The first-order valence-corrected chi connectivity index (χ1v) is 3.38. The molecule has 3 heteroatoms. The molecule has 0 heterocycles. The van der Waals surface area contributed by atoms with Gasteiger partial charge in [0.2, 0.25) is 0 Å². The van der Waals surface area contributed by atoms with Crippen molar-refractivity contribution in [1.82, 2.24) is 0 Å². The van der Waals surface area contributed by atoms with Gasteiger partial charge in [0.15, 0.2) is 5.78 Å². The van der Waals surface area contributed by atoms with Crippen molar-refractivity contribution in [2.45, 2.75) is 6.92 Å². The Bertz CT molecular complexity index is 296. The first-order valence-electron chi connectivity index (χ1n) is 3.38. The summed E-state index contributed by atoms with van der Waals surface area (Å²) in [7, 11) is 1.67. The molecule has 0 N–H and O–H groups in total. The lowest BCUT2D eigenvalue weighted by Crippen LogP contribution is -2.09. The molecular weight excluding hydrogens is 142 g/mol. The molecule has 0 bridgehead atoms. The second-order valence-corrected chi connectivity index (χ2v) is 2.52. The van der Waals surface area contributed by atoms with Gasteiger partial charge >= 0.3 is 0 Å². The highest BCUT2D eigenvalue weighted by atomic mass is 19.1. The van der Waals surface area contributed by atoms with Crippen molar-refractivity contribution in [2.75, 3.05) is 0 Å². The summed E-state index contributed by atoms with van der Waals surface area (Å²) in [6, 6.07) is 4.49. The zero-order valence-electron chi connectivity index (χ0n) is 6.52. The largest absolute Gasteiger partial charge is 0.295 e. The molecule has 0 aromatic heterocycles. The first-order chi connectivity index (χ1) is 5.11. The van der Waals surface area contributed by atoms with Crippen molar-refractivity contribution in [3.8, 4) is 0 Å². The number of rotatable bonds is 1. The van der Waals surface area contributed by atoms with Gasteiger partial charge < -0.3 is 0 Å². The van der Waals surface area contributed by atoms with Crippen LogP contribution in [0.5, 0.6) is 0 Å². The highest BCUT2D eigenvalue weighted by Gasteiger charge is 2.01. The fourth-order valence-corrected chi connectivity index (χ4v) is 0.812. The number of halogens is 1. The number of carbonyl (C=O) groups is 1. The van der Waals surface area contributed by atoms with Gasteiger partial charge in [-0.25, -0.2) is 4.39 Å². The quantitative estimate of drug-likeness (QED) is 0.415. The lowest BCUT2D eigenvalue weighted by Gasteiger charge is -1.97. The van der Waals surface area contributed by atoms with E-state index in [0.717, 1.165) is 0 Å². The lowest BCUT2D eigenvalue weighted by atomic mass is 9.94. The number of Topliss-reactive ketones (excluding diaryl/α,β-unsaturated/α-hetero) is 1. The van der Waals surface area contributed by atoms with Crippen LogP contribution in [0.25, 0.3) is 0 Å². The number of carbonyl (C=O) groups excluding carboxylic acids is 1. The number of hydrogen-bond donors (Lipinski definition) is 0. The maximum Gasteiger partial charge on any atom is 0.159 e. The summed E-state index contributed by atoms with van der Waals surface area (Å²) >= 11 is 0. The van der Waals surface area contributed by atoms with Crippen LogP contribution >= 0.6 is 0 Å². The predicted molar refractivity (Wildman–Crippen MR) is 44.6 cm³/mol. The summed E-state index contributed by atoms with van der Waals surface area (Å²) in [5.41, 5.74) is 0.989. The topological polar surface area (TPSA) is 17.1 Å². The van der Waals surface area contributed by atoms with E-state index < -0.39 is 0 Å². The molecule has 11 heavy (non-hydrogen) atoms. The molecule has 0 aliphatic heterocycles. The average molecular weight is 150 g/mol. The third kappa shape index (κ3) is 1.67. The van der Waals surface area contributed by atoms with E-state index in [9.17, 15) is 9.18 Å². The van der Waals surface area contributed by atoms with Gasteiger partial charge in [0.05, 0.1) is 0 Å². The van der Waals surface area contributed by atoms with E-state index in [1.54, 1.807) is 20.0 Å². The van der Waals surface area contributed by atoms with Gasteiger partial charge in [-0.15, -0.1) is 0 Å². The molecular formula is C8H8BFO. The Balaban J connectivity index is 3.15. The van der Waals surface area contributed by atoms with Crippen molar-refractivity contribution in [3.05, 3.63) is 29.6 Å². The molecule has 0 saturated carbocycles. The van der Waals surface area contributed by atoms with Crippen LogP contribution in [0.2, 0.25) is 0 Å². The Morgan fingerprint density at radius 3 is 2.64 bits per heavy atom. The Kier molecular flexibility index (Phi) is 2.08. The minimum Gasteiger partial charge on any atom is -0.295 e. The van der Waals surface area contributed by atoms with E-state index in [0.29, 0.717) is 11.0 Å². The molecule has 0 saturated heterocycles. The molecule has 56 valence electrons. The van der Waals surface area contributed by atoms with Crippen LogP contribution in [0.4, 0.5) is 4.39 Å². The molecule has 1 aromatic carbocycles. The van der Waals surface area contributed by atoms with Crippen LogP contribution < -0.4 is 5.46 Å². The molecule has 0 radical (unpaired) electrons. The summed E-state index contributed by atoms with van der Waals surface area (Å²) in [4.78, 5) is 10.7. The van der Waals surface area contributed by atoms with Crippen LogP contribution in [0.1, 0.15) is 17.3 Å². The van der Waals surface area contributed by atoms with Crippen molar-refractivity contribution >= 4 is 19.1 Å². The highest BCUT2D eigenvalue weighted by molar-refractivity contribution is 6.32. The summed E-state index contributed by atoms with van der Waals surface area (Å²) in [5.74, 6) is -0.429. The third-order valence-corrected chi connectivity index (χ3v) is 1.58. The lowest BCUT2D eigenvalue weighted by molar-refractivity contribution is 0.101. The van der Waals surface area contributed by atoms with Gasteiger partial charge in [0.25, 0.3) is 0 Å². The molecule has 0 amide bonds. The number of benzene rings is 1. The zero-order valence-corrected chi connectivity index (χ0v) is 6.52. The number of ketones is 1. The smallest absolute Gasteiger partial charge is 0.159 e. The standard InChI is InChI=1S/C8H8BFO/c1-5(11)6-2-3-7(9)8(10)4-6/h2-4H,9H2,1H3. The first kappa shape index (κ1) is 7.99. The average Bonchev–Trinajstić information content (AvgIpc) is 1.94. The molecule has 1 nitrogen and oxygen atoms in total. The number of hydrogen-bond acceptors (Lipinski definition) is 1. The minimum absolute atomic E-state index is 0.107. The Labute approximate surface area is 65.6 Å². The van der Waals surface area contributed by atoms with Crippen LogP contribution in [0.3, 0.4) is 0 Å². The normalized spacial score (nSPS) is 9.64. The van der Waals surface area contributed by atoms with E-state index in [4.69, 9.17) is 0 Å². The van der Waals surface area contributed by atoms with Gasteiger partial charge in [0.1, 0.15) is 13.7 Å². The Morgan fingerprint density at radius 2 is 2.18 bits per heavy atom. The second-order valence-electron chi connectivity index (χ2n) is 2.52. The van der Waals surface area contributed by atoms with Crippen molar-refractivity contribution in [3.63, 3.8) is 0 Å². The van der Waals surface area contributed by atoms with Crippen molar-refractivity contribution in [2.24, 2.45) is 0 Å². The molecule has 0 spiro atoms. The molecule has 0 aliphatic rings. The minimum atomic E-state index is -0.322. The van der Waals surface area contributed by atoms with E-state index in [1.165, 1.54) is 13.0 Å². The van der Waals surface area contributed by atoms with Crippen molar-refractivity contribution < 1.29 is 9.18 Å². The van der Waals surface area contributed by atoms with Crippen molar-refractivity contribution in [1.29, 1.82) is 0 Å². The Morgan fingerprint density at radius 1 is 1.55 bits per heavy atom. The summed E-state index contributed by atoms with van der Waals surface area (Å²) in [5, 5.41) is 0. The molecule has 0 aliphatic carbocycles. The van der Waals surface area contributed by atoms with Crippen LogP contribution in [0, 0.1) is 5.82 Å². The zero-order chi connectivity index (χ0) is 8.43. The van der Waals surface area contributed by atoms with Gasteiger partial charge in [-0.05, 0) is 13.0 Å². The SMILES string of the molecule is Bc1ccc(C(C)=O)cc1F. The molecule has 1 rings (SSSR count). The summed E-state index contributed by atoms with van der Waals surface area (Å²) in [6.45, 7) is 1.42. The molecule has 0 atom stereocenters.